The van der Waals surface area contributed by atoms with Gasteiger partial charge in [-0.2, -0.15) is 0 Å². The lowest BCUT2D eigenvalue weighted by atomic mass is 9.94. The molecule has 1 amide bonds. The standard InChI is InChI=1S/C27H26N2O6/c1-4-35-19-9-7-18(8-10-19)25(30)23-24(21-14-20(33-2)11-12-22(21)34-3)29(27(32)26(23)31)16-17-6-5-13-28-15-17/h5-15,24,30H,4,16H2,1-3H3/b25-23+/t24-/m0/s1. The highest BCUT2D eigenvalue weighted by Gasteiger charge is 2.47. The summed E-state index contributed by atoms with van der Waals surface area (Å²) in [5.74, 6) is -0.186. The SMILES string of the molecule is CCOc1ccc(/C(O)=C2\C(=O)C(=O)N(Cc3cccnc3)[C@H]2c2cc(OC)ccc2OC)cc1. The number of carbonyl (C=O) groups is 2. The van der Waals surface area contributed by atoms with Gasteiger partial charge in [0.25, 0.3) is 11.7 Å². The molecule has 0 spiro atoms. The Bertz CT molecular complexity index is 1250. The molecule has 8 nitrogen and oxygen atoms in total. The maximum atomic E-state index is 13.3. The van der Waals surface area contributed by atoms with Crippen molar-refractivity contribution in [2.24, 2.45) is 0 Å². The number of hydrogen-bond acceptors (Lipinski definition) is 7. The summed E-state index contributed by atoms with van der Waals surface area (Å²) in [6.07, 6.45) is 3.26. The van der Waals surface area contributed by atoms with Crippen molar-refractivity contribution in [2.45, 2.75) is 19.5 Å². The Labute approximate surface area is 203 Å². The first-order chi connectivity index (χ1) is 17.0. The number of pyridine rings is 1. The number of rotatable bonds is 8. The van der Waals surface area contributed by atoms with E-state index in [1.807, 2.05) is 13.0 Å². The number of aliphatic hydroxyl groups excluding tert-OH is 1. The third kappa shape index (κ3) is 4.68. The molecular formula is C27H26N2O6. The van der Waals surface area contributed by atoms with E-state index in [9.17, 15) is 14.7 Å². The minimum atomic E-state index is -0.910. The average molecular weight is 475 g/mol. The summed E-state index contributed by atoms with van der Waals surface area (Å²) in [5.41, 5.74) is 1.61. The zero-order valence-electron chi connectivity index (χ0n) is 19.7. The van der Waals surface area contributed by atoms with Crippen molar-refractivity contribution in [3.05, 3.63) is 89.3 Å². The molecule has 1 N–H and O–H groups in total. The highest BCUT2D eigenvalue weighted by atomic mass is 16.5. The van der Waals surface area contributed by atoms with Gasteiger partial charge < -0.3 is 24.2 Å². The number of nitrogens with zero attached hydrogens (tertiary/aromatic N) is 2. The number of methoxy groups -OCH3 is 2. The molecular weight excluding hydrogens is 448 g/mol. The van der Waals surface area contributed by atoms with E-state index in [4.69, 9.17) is 14.2 Å². The zero-order chi connectivity index (χ0) is 24.9. The number of amides is 1. The molecule has 1 aliphatic rings. The van der Waals surface area contributed by atoms with Crippen LogP contribution >= 0.6 is 0 Å². The number of ether oxygens (including phenoxy) is 3. The van der Waals surface area contributed by atoms with Crippen molar-refractivity contribution in [1.82, 2.24) is 9.88 Å². The Kier molecular flexibility index (Phi) is 7.01. The van der Waals surface area contributed by atoms with Gasteiger partial charge in [0.15, 0.2) is 0 Å². The summed E-state index contributed by atoms with van der Waals surface area (Å²) in [5, 5.41) is 11.3. The maximum Gasteiger partial charge on any atom is 0.295 e. The molecule has 8 heteroatoms. The number of aliphatic hydroxyl groups is 1. The summed E-state index contributed by atoms with van der Waals surface area (Å²) < 4.78 is 16.4. The van der Waals surface area contributed by atoms with Crippen molar-refractivity contribution < 1.29 is 28.9 Å². The first-order valence-corrected chi connectivity index (χ1v) is 11.1. The van der Waals surface area contributed by atoms with Crippen LogP contribution in [0.4, 0.5) is 0 Å². The van der Waals surface area contributed by atoms with Crippen LogP contribution in [0.1, 0.15) is 29.7 Å². The fourth-order valence-electron chi connectivity index (χ4n) is 4.14. The maximum absolute atomic E-state index is 13.3. The Morgan fingerprint density at radius 2 is 1.77 bits per heavy atom. The van der Waals surface area contributed by atoms with Crippen LogP contribution in [0.5, 0.6) is 17.2 Å². The molecule has 0 saturated carbocycles. The molecule has 0 bridgehead atoms. The van der Waals surface area contributed by atoms with E-state index in [0.29, 0.717) is 35.0 Å². The predicted molar refractivity (Wildman–Crippen MR) is 129 cm³/mol. The molecule has 1 aliphatic heterocycles. The summed E-state index contributed by atoms with van der Waals surface area (Å²) >= 11 is 0. The summed E-state index contributed by atoms with van der Waals surface area (Å²) in [4.78, 5) is 32.1. The van der Waals surface area contributed by atoms with Crippen LogP contribution < -0.4 is 14.2 Å². The molecule has 4 rings (SSSR count). The van der Waals surface area contributed by atoms with Gasteiger partial charge >= 0.3 is 0 Å². The van der Waals surface area contributed by atoms with Crippen LogP contribution in [0, 0.1) is 0 Å². The van der Waals surface area contributed by atoms with Crippen LogP contribution in [-0.4, -0.2) is 47.5 Å². The van der Waals surface area contributed by atoms with E-state index in [1.165, 1.54) is 19.1 Å². The van der Waals surface area contributed by atoms with Crippen LogP contribution in [0.25, 0.3) is 5.76 Å². The number of likely N-dealkylation sites (tertiary alicyclic amines) is 1. The second kappa shape index (κ2) is 10.3. The quantitative estimate of drug-likeness (QED) is 0.298. The Balaban J connectivity index is 1.89. The normalized spacial score (nSPS) is 16.9. The molecule has 2 aromatic carbocycles. The second-order valence-corrected chi connectivity index (χ2v) is 7.85. The number of ketones is 1. The van der Waals surface area contributed by atoms with Gasteiger partial charge in [-0.05, 0) is 61.0 Å². The molecule has 0 radical (unpaired) electrons. The van der Waals surface area contributed by atoms with Crippen molar-refractivity contribution in [3.63, 3.8) is 0 Å². The summed E-state index contributed by atoms with van der Waals surface area (Å²) in [7, 11) is 3.03. The number of hydrogen-bond donors (Lipinski definition) is 1. The smallest absolute Gasteiger partial charge is 0.295 e. The summed E-state index contributed by atoms with van der Waals surface area (Å²) in [6, 6.07) is 14.5. The molecule has 0 aliphatic carbocycles. The van der Waals surface area contributed by atoms with Gasteiger partial charge in [-0.3, -0.25) is 14.6 Å². The van der Waals surface area contributed by atoms with E-state index in [1.54, 1.807) is 60.9 Å². The fraction of sp³-hybridized carbons (Fsp3) is 0.222. The van der Waals surface area contributed by atoms with Crippen LogP contribution in [0.3, 0.4) is 0 Å². The van der Waals surface area contributed by atoms with Crippen LogP contribution in [0.2, 0.25) is 0 Å². The average Bonchev–Trinajstić information content (AvgIpc) is 3.14. The number of benzene rings is 2. The number of carbonyl (C=O) groups excluding carboxylic acids is 2. The van der Waals surface area contributed by atoms with Crippen molar-refractivity contribution >= 4 is 17.4 Å². The van der Waals surface area contributed by atoms with E-state index >= 15 is 0 Å². The highest BCUT2D eigenvalue weighted by molar-refractivity contribution is 6.46. The van der Waals surface area contributed by atoms with Crippen LogP contribution in [0.15, 0.2) is 72.6 Å². The van der Waals surface area contributed by atoms with Crippen molar-refractivity contribution in [1.29, 1.82) is 0 Å². The first-order valence-electron chi connectivity index (χ1n) is 11.1. The molecule has 0 unspecified atom stereocenters. The van der Waals surface area contributed by atoms with Gasteiger partial charge in [-0.25, -0.2) is 0 Å². The summed E-state index contributed by atoms with van der Waals surface area (Å²) in [6.45, 7) is 2.49. The fourth-order valence-corrected chi connectivity index (χ4v) is 4.14. The Morgan fingerprint density at radius 1 is 1.03 bits per heavy atom. The molecule has 1 fully saturated rings. The lowest BCUT2D eigenvalue weighted by Crippen LogP contribution is -2.29. The van der Waals surface area contributed by atoms with Gasteiger partial charge in [0, 0.05) is 30.1 Å². The Morgan fingerprint density at radius 3 is 2.40 bits per heavy atom. The molecule has 180 valence electrons. The third-order valence-corrected chi connectivity index (χ3v) is 5.79. The van der Waals surface area contributed by atoms with E-state index in [2.05, 4.69) is 4.98 Å². The topological polar surface area (TPSA) is 98.2 Å². The minimum Gasteiger partial charge on any atom is -0.507 e. The molecule has 35 heavy (non-hydrogen) atoms. The third-order valence-electron chi connectivity index (χ3n) is 5.79. The van der Waals surface area contributed by atoms with Gasteiger partial charge in [0.1, 0.15) is 23.0 Å². The largest absolute Gasteiger partial charge is 0.507 e. The van der Waals surface area contributed by atoms with Gasteiger partial charge in [0.05, 0.1) is 32.4 Å². The van der Waals surface area contributed by atoms with Crippen molar-refractivity contribution in [2.75, 3.05) is 20.8 Å². The molecule has 1 aromatic heterocycles. The number of aromatic nitrogens is 1. The monoisotopic (exact) mass is 474 g/mol. The van der Waals surface area contributed by atoms with E-state index in [0.717, 1.165) is 5.56 Å². The molecule has 3 aromatic rings. The van der Waals surface area contributed by atoms with E-state index in [-0.39, 0.29) is 17.9 Å². The molecule has 1 saturated heterocycles. The van der Waals surface area contributed by atoms with E-state index < -0.39 is 17.7 Å². The lowest BCUT2D eigenvalue weighted by Gasteiger charge is -2.27. The minimum absolute atomic E-state index is 0.0328. The zero-order valence-corrected chi connectivity index (χ0v) is 19.7. The lowest BCUT2D eigenvalue weighted by molar-refractivity contribution is -0.140. The van der Waals surface area contributed by atoms with Gasteiger partial charge in [-0.15, -0.1) is 0 Å². The first kappa shape index (κ1) is 23.8. The highest BCUT2D eigenvalue weighted by Crippen LogP contribution is 2.44. The predicted octanol–water partition coefficient (Wildman–Crippen LogP) is 4.12. The molecule has 2 heterocycles. The van der Waals surface area contributed by atoms with Gasteiger partial charge in [-0.1, -0.05) is 6.07 Å². The second-order valence-electron chi connectivity index (χ2n) is 7.85. The van der Waals surface area contributed by atoms with Gasteiger partial charge in [0.2, 0.25) is 0 Å². The number of Topliss-reactive ketones (excluding diaryl/α,β-unsaturated/α-hetero) is 1. The Hall–Kier alpha value is -4.33. The van der Waals surface area contributed by atoms with Crippen LogP contribution in [-0.2, 0) is 16.1 Å². The molecule has 1 atom stereocenters. The van der Waals surface area contributed by atoms with Crippen molar-refractivity contribution in [3.8, 4) is 17.2 Å².